The van der Waals surface area contributed by atoms with Crippen molar-refractivity contribution in [2.45, 2.75) is 0 Å². The highest BCUT2D eigenvalue weighted by Gasteiger charge is 2.19. The smallest absolute Gasteiger partial charge is 0.259 e. The third-order valence-electron chi connectivity index (χ3n) is 3.15. The van der Waals surface area contributed by atoms with Gasteiger partial charge in [-0.3, -0.25) is 4.79 Å². The number of amides is 1. The minimum Gasteiger partial charge on any atom is -0.496 e. The van der Waals surface area contributed by atoms with E-state index in [2.05, 4.69) is 5.32 Å². The number of hydrogen-bond donors (Lipinski definition) is 1. The summed E-state index contributed by atoms with van der Waals surface area (Å²) in [5.41, 5.74) is 0.142. The number of anilines is 1. The van der Waals surface area contributed by atoms with E-state index in [1.54, 1.807) is 0 Å². The van der Waals surface area contributed by atoms with Gasteiger partial charge < -0.3 is 19.5 Å². The molecule has 0 bridgehead atoms. The summed E-state index contributed by atoms with van der Waals surface area (Å²) in [6.07, 6.45) is 0. The second kappa shape index (κ2) is 7.19. The summed E-state index contributed by atoms with van der Waals surface area (Å²) < 4.78 is 29.4. The highest BCUT2D eigenvalue weighted by Crippen LogP contribution is 2.35. The van der Waals surface area contributed by atoms with Gasteiger partial charge >= 0.3 is 0 Å². The molecule has 7 heteroatoms. The zero-order valence-corrected chi connectivity index (χ0v) is 13.5. The predicted molar refractivity (Wildman–Crippen MR) is 85.5 cm³/mol. The second-order valence-electron chi connectivity index (χ2n) is 4.46. The van der Waals surface area contributed by atoms with Crippen molar-refractivity contribution >= 4 is 23.2 Å². The molecule has 122 valence electrons. The minimum atomic E-state index is -0.707. The van der Waals surface area contributed by atoms with Crippen LogP contribution in [0.3, 0.4) is 0 Å². The van der Waals surface area contributed by atoms with Gasteiger partial charge in [-0.05, 0) is 12.1 Å². The SMILES string of the molecule is COc1cc(OC)c(C(=O)Nc2cccc(Cl)c2F)cc1OC. The van der Waals surface area contributed by atoms with Gasteiger partial charge in [-0.2, -0.15) is 0 Å². The molecule has 0 unspecified atom stereocenters. The third kappa shape index (κ3) is 3.48. The Morgan fingerprint density at radius 1 is 1.04 bits per heavy atom. The average molecular weight is 340 g/mol. The Hall–Kier alpha value is -2.47. The Morgan fingerprint density at radius 2 is 1.65 bits per heavy atom. The monoisotopic (exact) mass is 339 g/mol. The number of rotatable bonds is 5. The lowest BCUT2D eigenvalue weighted by Gasteiger charge is -2.14. The van der Waals surface area contributed by atoms with Crippen LogP contribution in [-0.2, 0) is 0 Å². The fraction of sp³-hybridized carbons (Fsp3) is 0.188. The molecular formula is C16H15ClFNO4. The van der Waals surface area contributed by atoms with Crippen LogP contribution in [0.4, 0.5) is 10.1 Å². The van der Waals surface area contributed by atoms with E-state index < -0.39 is 11.7 Å². The summed E-state index contributed by atoms with van der Waals surface area (Å²) in [4.78, 5) is 12.4. The highest BCUT2D eigenvalue weighted by molar-refractivity contribution is 6.31. The van der Waals surface area contributed by atoms with Crippen molar-refractivity contribution in [3.63, 3.8) is 0 Å². The van der Waals surface area contributed by atoms with E-state index in [9.17, 15) is 9.18 Å². The molecule has 0 aromatic heterocycles. The van der Waals surface area contributed by atoms with Crippen molar-refractivity contribution in [1.29, 1.82) is 0 Å². The van der Waals surface area contributed by atoms with Crippen LogP contribution in [0.25, 0.3) is 0 Å². The maximum atomic E-state index is 13.9. The topological polar surface area (TPSA) is 56.8 Å². The highest BCUT2D eigenvalue weighted by atomic mass is 35.5. The van der Waals surface area contributed by atoms with Crippen molar-refractivity contribution in [2.75, 3.05) is 26.6 Å². The van der Waals surface area contributed by atoms with Crippen LogP contribution in [-0.4, -0.2) is 27.2 Å². The van der Waals surface area contributed by atoms with Crippen molar-refractivity contribution in [3.8, 4) is 17.2 Å². The van der Waals surface area contributed by atoms with Crippen LogP contribution >= 0.6 is 11.6 Å². The average Bonchev–Trinajstić information content (AvgIpc) is 2.57. The van der Waals surface area contributed by atoms with Crippen LogP contribution in [0.2, 0.25) is 5.02 Å². The predicted octanol–water partition coefficient (Wildman–Crippen LogP) is 3.76. The molecule has 1 N–H and O–H groups in total. The summed E-state index contributed by atoms with van der Waals surface area (Å²) in [7, 11) is 4.33. The summed E-state index contributed by atoms with van der Waals surface area (Å²) in [6, 6.07) is 7.31. The number of carbonyl (C=O) groups is 1. The van der Waals surface area contributed by atoms with Crippen LogP contribution in [0.15, 0.2) is 30.3 Å². The van der Waals surface area contributed by atoms with Gasteiger partial charge in [0, 0.05) is 12.1 Å². The van der Waals surface area contributed by atoms with E-state index in [0.717, 1.165) is 0 Å². The normalized spacial score (nSPS) is 10.1. The summed E-state index contributed by atoms with van der Waals surface area (Å²) in [5.74, 6) is -0.242. The standard InChI is InChI=1S/C16H15ClFNO4/c1-21-12-8-14(23-3)13(22-2)7-9(12)16(20)19-11-6-4-5-10(17)15(11)18/h4-8H,1-3H3,(H,19,20). The summed E-state index contributed by atoms with van der Waals surface area (Å²) in [5, 5.41) is 2.37. The largest absolute Gasteiger partial charge is 0.496 e. The number of methoxy groups -OCH3 is 3. The lowest BCUT2D eigenvalue weighted by Crippen LogP contribution is -2.14. The quantitative estimate of drug-likeness (QED) is 0.901. The Morgan fingerprint density at radius 3 is 2.26 bits per heavy atom. The van der Waals surface area contributed by atoms with Gasteiger partial charge in [-0.15, -0.1) is 0 Å². The first-order valence-electron chi connectivity index (χ1n) is 6.57. The van der Waals surface area contributed by atoms with Crippen molar-refractivity contribution < 1.29 is 23.4 Å². The molecule has 0 saturated carbocycles. The third-order valence-corrected chi connectivity index (χ3v) is 3.44. The van der Waals surface area contributed by atoms with Gasteiger partial charge in [0.1, 0.15) is 5.75 Å². The molecule has 23 heavy (non-hydrogen) atoms. The lowest BCUT2D eigenvalue weighted by atomic mass is 10.1. The number of benzene rings is 2. The summed E-state index contributed by atoms with van der Waals surface area (Å²) >= 11 is 5.70. The van der Waals surface area contributed by atoms with Gasteiger partial charge in [0.15, 0.2) is 17.3 Å². The van der Waals surface area contributed by atoms with E-state index in [4.69, 9.17) is 25.8 Å². The van der Waals surface area contributed by atoms with Crippen molar-refractivity contribution in [2.24, 2.45) is 0 Å². The van der Waals surface area contributed by atoms with Gasteiger partial charge in [-0.25, -0.2) is 4.39 Å². The molecule has 1 amide bonds. The van der Waals surface area contributed by atoms with Gasteiger partial charge in [0.25, 0.3) is 5.91 Å². The Labute approximate surface area is 137 Å². The number of halogens is 2. The first kappa shape index (κ1) is 16.9. The number of hydrogen-bond acceptors (Lipinski definition) is 4. The fourth-order valence-electron chi connectivity index (χ4n) is 2.00. The van der Waals surface area contributed by atoms with E-state index >= 15 is 0 Å². The Balaban J connectivity index is 2.40. The van der Waals surface area contributed by atoms with E-state index in [1.807, 2.05) is 0 Å². The molecule has 0 saturated heterocycles. The van der Waals surface area contributed by atoms with E-state index in [-0.39, 0.29) is 22.0 Å². The van der Waals surface area contributed by atoms with E-state index in [1.165, 1.54) is 51.7 Å². The Bertz CT molecular complexity index is 736. The lowest BCUT2D eigenvalue weighted by molar-refractivity contribution is 0.102. The zero-order chi connectivity index (χ0) is 17.0. The molecule has 0 aliphatic heterocycles. The minimum absolute atomic E-state index is 0.0284. The number of nitrogens with one attached hydrogen (secondary N) is 1. The number of ether oxygens (including phenoxy) is 3. The Kier molecular flexibility index (Phi) is 5.28. The van der Waals surface area contributed by atoms with Gasteiger partial charge in [0.05, 0.1) is 37.6 Å². The molecule has 0 aliphatic carbocycles. The van der Waals surface area contributed by atoms with Crippen LogP contribution in [0.1, 0.15) is 10.4 Å². The first-order chi connectivity index (χ1) is 11.0. The van der Waals surface area contributed by atoms with Gasteiger partial charge in [-0.1, -0.05) is 17.7 Å². The molecule has 0 radical (unpaired) electrons. The number of carbonyl (C=O) groups excluding carboxylic acids is 1. The fourth-order valence-corrected chi connectivity index (χ4v) is 2.17. The maximum absolute atomic E-state index is 13.9. The first-order valence-corrected chi connectivity index (χ1v) is 6.95. The van der Waals surface area contributed by atoms with Crippen LogP contribution in [0, 0.1) is 5.82 Å². The van der Waals surface area contributed by atoms with E-state index in [0.29, 0.717) is 11.5 Å². The molecule has 5 nitrogen and oxygen atoms in total. The molecule has 2 aromatic rings. The molecular weight excluding hydrogens is 325 g/mol. The van der Waals surface area contributed by atoms with Crippen LogP contribution in [0.5, 0.6) is 17.2 Å². The van der Waals surface area contributed by atoms with Crippen molar-refractivity contribution in [3.05, 3.63) is 46.7 Å². The molecule has 0 aliphatic rings. The molecule has 0 atom stereocenters. The molecule has 0 fully saturated rings. The molecule has 2 rings (SSSR count). The van der Waals surface area contributed by atoms with Crippen LogP contribution < -0.4 is 19.5 Å². The molecule has 0 spiro atoms. The molecule has 0 heterocycles. The second-order valence-corrected chi connectivity index (χ2v) is 4.87. The van der Waals surface area contributed by atoms with Gasteiger partial charge in [0.2, 0.25) is 0 Å². The maximum Gasteiger partial charge on any atom is 0.259 e. The zero-order valence-electron chi connectivity index (χ0n) is 12.8. The molecule has 2 aromatic carbocycles. The van der Waals surface area contributed by atoms with Crippen molar-refractivity contribution in [1.82, 2.24) is 0 Å². The summed E-state index contributed by atoms with van der Waals surface area (Å²) in [6.45, 7) is 0.